The van der Waals surface area contributed by atoms with E-state index < -0.39 is 5.82 Å². The van der Waals surface area contributed by atoms with Gasteiger partial charge in [0.15, 0.2) is 5.82 Å². The molecule has 1 fully saturated rings. The molecule has 1 aliphatic rings. The number of rotatable bonds is 4. The van der Waals surface area contributed by atoms with Crippen molar-refractivity contribution in [2.24, 2.45) is 0 Å². The fourth-order valence-electron chi connectivity index (χ4n) is 2.48. The van der Waals surface area contributed by atoms with Gasteiger partial charge < -0.3 is 10.5 Å². The summed E-state index contributed by atoms with van der Waals surface area (Å²) in [6, 6.07) is 4.52. The maximum atomic E-state index is 13.4. The molecule has 1 aliphatic carbocycles. The molecule has 0 unspecified atom stereocenters. The number of nitrogens with two attached hydrogens (primary N) is 1. The lowest BCUT2D eigenvalue weighted by atomic mass is 9.89. The van der Waals surface area contributed by atoms with E-state index in [0.717, 1.165) is 12.8 Å². The lowest BCUT2D eigenvalue weighted by molar-refractivity contribution is -0.0227. The monoisotopic (exact) mass is 277 g/mol. The summed E-state index contributed by atoms with van der Waals surface area (Å²) in [4.78, 5) is 0. The molecular weight excluding hydrogens is 261 g/mol. The van der Waals surface area contributed by atoms with Crippen molar-refractivity contribution in [3.63, 3.8) is 0 Å². The molecule has 0 amide bonds. The van der Waals surface area contributed by atoms with Crippen LogP contribution < -0.4 is 5.73 Å². The van der Waals surface area contributed by atoms with Crippen molar-refractivity contribution in [3.05, 3.63) is 24.0 Å². The molecule has 6 nitrogen and oxygen atoms in total. The maximum Gasteiger partial charge on any atom is 0.182 e. The lowest BCUT2D eigenvalue weighted by Crippen LogP contribution is -2.34. The standard InChI is InChI=1S/C13H16FN5O/c1-2-20-12-6-11(7-12)19-13(16-17-18-19)8-3-9(14)5-10(15)4-8/h3-5,11-12H,2,6-7,15H2,1H3. The molecule has 0 bridgehead atoms. The summed E-state index contributed by atoms with van der Waals surface area (Å²) >= 11 is 0. The van der Waals surface area contributed by atoms with Gasteiger partial charge in [0, 0.05) is 17.9 Å². The minimum atomic E-state index is -0.393. The summed E-state index contributed by atoms with van der Waals surface area (Å²) in [6.07, 6.45) is 2.01. The zero-order valence-electron chi connectivity index (χ0n) is 11.2. The predicted molar refractivity (Wildman–Crippen MR) is 71.3 cm³/mol. The Hall–Kier alpha value is -2.02. The minimum absolute atomic E-state index is 0.195. The van der Waals surface area contributed by atoms with Crippen LogP contribution in [0.2, 0.25) is 0 Å². The zero-order chi connectivity index (χ0) is 14.1. The van der Waals surface area contributed by atoms with Gasteiger partial charge in [-0.05, 0) is 48.4 Å². The smallest absolute Gasteiger partial charge is 0.182 e. The predicted octanol–water partition coefficient (Wildman–Crippen LogP) is 1.80. The third kappa shape index (κ3) is 2.36. The number of nitrogen functional groups attached to an aromatic ring is 1. The highest BCUT2D eigenvalue weighted by atomic mass is 19.1. The summed E-state index contributed by atoms with van der Waals surface area (Å²) in [6.45, 7) is 2.69. The molecule has 106 valence electrons. The van der Waals surface area contributed by atoms with E-state index in [0.29, 0.717) is 23.7 Å². The van der Waals surface area contributed by atoms with Crippen LogP contribution in [0.3, 0.4) is 0 Å². The SMILES string of the molecule is CCOC1CC(n2nnnc2-c2cc(N)cc(F)c2)C1. The summed E-state index contributed by atoms with van der Waals surface area (Å²) in [5.74, 6) is 0.145. The molecule has 0 spiro atoms. The third-order valence-corrected chi connectivity index (χ3v) is 3.49. The Kier molecular flexibility index (Phi) is 3.35. The Bertz CT molecular complexity index is 588. The molecule has 2 N–H and O–H groups in total. The molecule has 1 heterocycles. The number of hydrogen-bond acceptors (Lipinski definition) is 5. The van der Waals surface area contributed by atoms with Crippen LogP contribution in [0.1, 0.15) is 25.8 Å². The van der Waals surface area contributed by atoms with Crippen molar-refractivity contribution in [3.8, 4) is 11.4 Å². The highest BCUT2D eigenvalue weighted by Gasteiger charge is 2.33. The summed E-state index contributed by atoms with van der Waals surface area (Å²) in [5.41, 5.74) is 6.61. The molecular formula is C13H16FN5O. The van der Waals surface area contributed by atoms with Crippen LogP contribution in [0.25, 0.3) is 11.4 Å². The highest BCUT2D eigenvalue weighted by molar-refractivity contribution is 5.61. The number of hydrogen-bond donors (Lipinski definition) is 1. The number of benzene rings is 1. The fraction of sp³-hybridized carbons (Fsp3) is 0.462. The van der Waals surface area contributed by atoms with E-state index in [1.165, 1.54) is 12.1 Å². The largest absolute Gasteiger partial charge is 0.399 e. The molecule has 1 aromatic heterocycles. The van der Waals surface area contributed by atoms with Crippen LogP contribution in [0.5, 0.6) is 0 Å². The van der Waals surface area contributed by atoms with Crippen molar-refractivity contribution in [2.75, 3.05) is 12.3 Å². The van der Waals surface area contributed by atoms with Gasteiger partial charge in [-0.1, -0.05) is 0 Å². The van der Waals surface area contributed by atoms with Crippen LogP contribution >= 0.6 is 0 Å². The van der Waals surface area contributed by atoms with Gasteiger partial charge in [-0.2, -0.15) is 0 Å². The van der Waals surface area contributed by atoms with E-state index in [2.05, 4.69) is 15.5 Å². The van der Waals surface area contributed by atoms with Crippen LogP contribution in [0, 0.1) is 5.82 Å². The van der Waals surface area contributed by atoms with Gasteiger partial charge in [0.05, 0.1) is 12.1 Å². The van der Waals surface area contributed by atoms with Crippen LogP contribution in [-0.2, 0) is 4.74 Å². The minimum Gasteiger partial charge on any atom is -0.399 e. The molecule has 20 heavy (non-hydrogen) atoms. The molecule has 0 radical (unpaired) electrons. The molecule has 0 saturated heterocycles. The molecule has 7 heteroatoms. The molecule has 0 aliphatic heterocycles. The molecule has 2 aromatic rings. The Labute approximate surface area is 115 Å². The van der Waals surface area contributed by atoms with Gasteiger partial charge in [0.2, 0.25) is 0 Å². The zero-order valence-corrected chi connectivity index (χ0v) is 11.2. The van der Waals surface area contributed by atoms with Crippen LogP contribution in [-0.4, -0.2) is 32.9 Å². The van der Waals surface area contributed by atoms with Crippen molar-refractivity contribution in [1.82, 2.24) is 20.2 Å². The van der Waals surface area contributed by atoms with E-state index in [1.54, 1.807) is 10.7 Å². The van der Waals surface area contributed by atoms with E-state index >= 15 is 0 Å². The molecule has 1 saturated carbocycles. The van der Waals surface area contributed by atoms with Crippen LogP contribution in [0.4, 0.5) is 10.1 Å². The first-order chi connectivity index (χ1) is 9.67. The number of halogens is 1. The third-order valence-electron chi connectivity index (χ3n) is 3.49. The fourth-order valence-corrected chi connectivity index (χ4v) is 2.48. The summed E-state index contributed by atoms with van der Waals surface area (Å²) in [7, 11) is 0. The molecule has 1 aromatic carbocycles. The van der Waals surface area contributed by atoms with Crippen LogP contribution in [0.15, 0.2) is 18.2 Å². The normalized spacial score (nSPS) is 21.7. The average Bonchev–Trinajstić information content (AvgIpc) is 2.80. The van der Waals surface area contributed by atoms with Gasteiger partial charge in [-0.15, -0.1) is 5.10 Å². The Balaban J connectivity index is 1.84. The first-order valence-electron chi connectivity index (χ1n) is 6.63. The highest BCUT2D eigenvalue weighted by Crippen LogP contribution is 2.36. The summed E-state index contributed by atoms with van der Waals surface area (Å²) in [5, 5.41) is 11.7. The van der Waals surface area contributed by atoms with E-state index in [9.17, 15) is 4.39 Å². The van der Waals surface area contributed by atoms with Crippen molar-refractivity contribution >= 4 is 5.69 Å². The Morgan fingerprint density at radius 1 is 1.40 bits per heavy atom. The second kappa shape index (κ2) is 5.16. The topological polar surface area (TPSA) is 78.8 Å². The second-order valence-corrected chi connectivity index (χ2v) is 4.92. The van der Waals surface area contributed by atoms with E-state index in [1.807, 2.05) is 6.92 Å². The summed E-state index contributed by atoms with van der Waals surface area (Å²) < 4.78 is 20.7. The van der Waals surface area contributed by atoms with Gasteiger partial charge in [-0.25, -0.2) is 9.07 Å². The van der Waals surface area contributed by atoms with Gasteiger partial charge in [-0.3, -0.25) is 0 Å². The van der Waals surface area contributed by atoms with Gasteiger partial charge >= 0.3 is 0 Å². The lowest BCUT2D eigenvalue weighted by Gasteiger charge is -2.34. The van der Waals surface area contributed by atoms with Crippen molar-refractivity contribution in [2.45, 2.75) is 31.9 Å². The van der Waals surface area contributed by atoms with Crippen molar-refractivity contribution in [1.29, 1.82) is 0 Å². The molecule has 3 rings (SSSR count). The number of aromatic nitrogens is 4. The second-order valence-electron chi connectivity index (χ2n) is 4.92. The first-order valence-corrected chi connectivity index (χ1v) is 6.63. The van der Waals surface area contributed by atoms with Crippen molar-refractivity contribution < 1.29 is 9.13 Å². The van der Waals surface area contributed by atoms with E-state index in [4.69, 9.17) is 10.5 Å². The number of nitrogens with zero attached hydrogens (tertiary/aromatic N) is 4. The van der Waals surface area contributed by atoms with Gasteiger partial charge in [0.1, 0.15) is 5.82 Å². The Morgan fingerprint density at radius 2 is 2.20 bits per heavy atom. The van der Waals surface area contributed by atoms with E-state index in [-0.39, 0.29) is 12.1 Å². The number of ether oxygens (including phenoxy) is 1. The van der Waals surface area contributed by atoms with Gasteiger partial charge in [0.25, 0.3) is 0 Å². The molecule has 0 atom stereocenters. The Morgan fingerprint density at radius 3 is 2.90 bits per heavy atom. The average molecular weight is 277 g/mol. The number of anilines is 1. The quantitative estimate of drug-likeness (QED) is 0.862. The number of tetrazole rings is 1. The maximum absolute atomic E-state index is 13.4. The first kappa shape index (κ1) is 13.0.